The molecule has 1 saturated heterocycles. The Morgan fingerprint density at radius 3 is 2.50 bits per heavy atom. The van der Waals surface area contributed by atoms with Gasteiger partial charge in [0.25, 0.3) is 0 Å². The Morgan fingerprint density at radius 2 is 2.00 bits per heavy atom. The van der Waals surface area contributed by atoms with E-state index < -0.39 is 0 Å². The van der Waals surface area contributed by atoms with Crippen molar-refractivity contribution in [2.24, 2.45) is 5.92 Å². The van der Waals surface area contributed by atoms with Crippen LogP contribution in [0.15, 0.2) is 0 Å². The van der Waals surface area contributed by atoms with Crippen LogP contribution in [0, 0.1) is 5.92 Å². The van der Waals surface area contributed by atoms with Crippen LogP contribution in [0.1, 0.15) is 66.2 Å². The van der Waals surface area contributed by atoms with Gasteiger partial charge in [0.1, 0.15) is 0 Å². The summed E-state index contributed by atoms with van der Waals surface area (Å²) in [5.74, 6) is 0.942. The summed E-state index contributed by atoms with van der Waals surface area (Å²) in [7, 11) is 0. The molecule has 0 bridgehead atoms. The van der Waals surface area contributed by atoms with Gasteiger partial charge in [-0.05, 0) is 44.9 Å². The standard InChI is InChI=1S/C16H32N2/c1-5-8-14(6-2)18-12-16(4,13-9-10-13)17-11-15(18)7-3/h13-15,17H,5-12H2,1-4H3. The van der Waals surface area contributed by atoms with Crippen molar-refractivity contribution in [3.63, 3.8) is 0 Å². The zero-order valence-corrected chi connectivity index (χ0v) is 12.8. The fraction of sp³-hybridized carbons (Fsp3) is 1.00. The molecule has 2 nitrogen and oxygen atoms in total. The SMILES string of the molecule is CCCC(CC)N1CC(C)(C2CC2)NCC1CC. The van der Waals surface area contributed by atoms with E-state index in [-0.39, 0.29) is 0 Å². The lowest BCUT2D eigenvalue weighted by Crippen LogP contribution is -2.65. The van der Waals surface area contributed by atoms with Crippen molar-refractivity contribution >= 4 is 0 Å². The molecule has 2 fully saturated rings. The first-order valence-corrected chi connectivity index (χ1v) is 8.15. The highest BCUT2D eigenvalue weighted by atomic mass is 15.3. The molecule has 1 heterocycles. The van der Waals surface area contributed by atoms with Gasteiger partial charge in [-0.3, -0.25) is 4.90 Å². The first-order valence-electron chi connectivity index (χ1n) is 8.15. The second-order valence-electron chi connectivity index (χ2n) is 6.66. The average molecular weight is 252 g/mol. The molecule has 3 atom stereocenters. The molecule has 1 N–H and O–H groups in total. The lowest BCUT2D eigenvalue weighted by Gasteiger charge is -2.49. The van der Waals surface area contributed by atoms with E-state index in [2.05, 4.69) is 37.9 Å². The van der Waals surface area contributed by atoms with Crippen LogP contribution in [0.3, 0.4) is 0 Å². The normalized spacial score (nSPS) is 35.7. The molecule has 18 heavy (non-hydrogen) atoms. The molecule has 0 aromatic heterocycles. The lowest BCUT2D eigenvalue weighted by atomic mass is 9.88. The van der Waals surface area contributed by atoms with Gasteiger partial charge in [-0.1, -0.05) is 27.2 Å². The largest absolute Gasteiger partial charge is 0.308 e. The Kier molecular flexibility index (Phi) is 4.71. The van der Waals surface area contributed by atoms with Crippen LogP contribution in [0.4, 0.5) is 0 Å². The van der Waals surface area contributed by atoms with E-state index in [0.29, 0.717) is 5.54 Å². The van der Waals surface area contributed by atoms with E-state index in [9.17, 15) is 0 Å². The van der Waals surface area contributed by atoms with Crippen LogP contribution in [0.5, 0.6) is 0 Å². The van der Waals surface area contributed by atoms with Crippen molar-refractivity contribution < 1.29 is 0 Å². The Bertz CT molecular complexity index is 262. The average Bonchev–Trinajstić information content (AvgIpc) is 3.20. The molecule has 1 aliphatic carbocycles. The summed E-state index contributed by atoms with van der Waals surface area (Å²) in [6.45, 7) is 12.0. The summed E-state index contributed by atoms with van der Waals surface area (Å²) in [5, 5.41) is 3.87. The molecule has 2 aliphatic rings. The van der Waals surface area contributed by atoms with E-state index >= 15 is 0 Å². The Labute approximate surface area is 114 Å². The zero-order chi connectivity index (χ0) is 13.2. The third-order valence-corrected chi connectivity index (χ3v) is 5.23. The number of nitrogens with one attached hydrogen (secondary N) is 1. The molecule has 1 aliphatic heterocycles. The second-order valence-corrected chi connectivity index (χ2v) is 6.66. The van der Waals surface area contributed by atoms with Crippen molar-refractivity contribution in [3.05, 3.63) is 0 Å². The summed E-state index contributed by atoms with van der Waals surface area (Å²) in [5.41, 5.74) is 0.396. The zero-order valence-electron chi connectivity index (χ0n) is 12.8. The van der Waals surface area contributed by atoms with Gasteiger partial charge in [0.2, 0.25) is 0 Å². The highest BCUT2D eigenvalue weighted by molar-refractivity contribution is 5.04. The minimum absolute atomic E-state index is 0.396. The minimum atomic E-state index is 0.396. The van der Waals surface area contributed by atoms with E-state index in [1.807, 2.05) is 0 Å². The van der Waals surface area contributed by atoms with Crippen LogP contribution in [0.2, 0.25) is 0 Å². The number of rotatable bonds is 6. The van der Waals surface area contributed by atoms with Crippen LogP contribution >= 0.6 is 0 Å². The first-order chi connectivity index (χ1) is 8.64. The topological polar surface area (TPSA) is 15.3 Å². The molecule has 106 valence electrons. The molecule has 0 radical (unpaired) electrons. The van der Waals surface area contributed by atoms with Gasteiger partial charge < -0.3 is 5.32 Å². The third-order valence-electron chi connectivity index (χ3n) is 5.23. The maximum atomic E-state index is 3.87. The number of piperazine rings is 1. The van der Waals surface area contributed by atoms with Crippen molar-refractivity contribution in [1.82, 2.24) is 10.2 Å². The van der Waals surface area contributed by atoms with Crippen molar-refractivity contribution in [2.75, 3.05) is 13.1 Å². The number of hydrogen-bond acceptors (Lipinski definition) is 2. The Morgan fingerprint density at radius 1 is 1.28 bits per heavy atom. The van der Waals surface area contributed by atoms with Gasteiger partial charge in [0, 0.05) is 30.7 Å². The van der Waals surface area contributed by atoms with Crippen LogP contribution in [0.25, 0.3) is 0 Å². The van der Waals surface area contributed by atoms with Crippen molar-refractivity contribution in [3.8, 4) is 0 Å². The van der Waals surface area contributed by atoms with E-state index in [4.69, 9.17) is 0 Å². The Balaban J connectivity index is 2.06. The van der Waals surface area contributed by atoms with Gasteiger partial charge in [-0.25, -0.2) is 0 Å². The molecule has 0 amide bonds. The summed E-state index contributed by atoms with van der Waals surface area (Å²) in [6.07, 6.45) is 8.17. The third kappa shape index (κ3) is 2.91. The highest BCUT2D eigenvalue weighted by Crippen LogP contribution is 2.42. The fourth-order valence-corrected chi connectivity index (χ4v) is 3.77. The van der Waals surface area contributed by atoms with Gasteiger partial charge in [0.15, 0.2) is 0 Å². The summed E-state index contributed by atoms with van der Waals surface area (Å²) in [6, 6.07) is 1.56. The molecule has 1 saturated carbocycles. The van der Waals surface area contributed by atoms with Crippen molar-refractivity contribution in [2.45, 2.75) is 83.8 Å². The summed E-state index contributed by atoms with van der Waals surface area (Å²) >= 11 is 0. The molecule has 0 spiro atoms. The number of nitrogens with zero attached hydrogens (tertiary/aromatic N) is 1. The maximum Gasteiger partial charge on any atom is 0.0309 e. The predicted molar refractivity (Wildman–Crippen MR) is 78.9 cm³/mol. The highest BCUT2D eigenvalue weighted by Gasteiger charge is 2.46. The molecule has 2 rings (SSSR count). The molecule has 2 heteroatoms. The number of hydrogen-bond donors (Lipinski definition) is 1. The lowest BCUT2D eigenvalue weighted by molar-refractivity contribution is 0.0316. The molecular weight excluding hydrogens is 220 g/mol. The molecule has 0 aromatic carbocycles. The van der Waals surface area contributed by atoms with E-state index in [1.165, 1.54) is 51.6 Å². The van der Waals surface area contributed by atoms with E-state index in [1.54, 1.807) is 0 Å². The van der Waals surface area contributed by atoms with Gasteiger partial charge >= 0.3 is 0 Å². The van der Waals surface area contributed by atoms with Crippen LogP contribution < -0.4 is 5.32 Å². The minimum Gasteiger partial charge on any atom is -0.308 e. The van der Waals surface area contributed by atoms with Gasteiger partial charge in [-0.15, -0.1) is 0 Å². The smallest absolute Gasteiger partial charge is 0.0309 e. The van der Waals surface area contributed by atoms with Gasteiger partial charge in [-0.2, -0.15) is 0 Å². The monoisotopic (exact) mass is 252 g/mol. The summed E-state index contributed by atoms with van der Waals surface area (Å²) in [4.78, 5) is 2.85. The quantitative estimate of drug-likeness (QED) is 0.779. The first kappa shape index (κ1) is 14.3. The molecular formula is C16H32N2. The molecule has 0 aromatic rings. The fourth-order valence-electron chi connectivity index (χ4n) is 3.77. The second kappa shape index (κ2) is 5.92. The molecule has 3 unspecified atom stereocenters. The predicted octanol–water partition coefficient (Wildman–Crippen LogP) is 3.42. The van der Waals surface area contributed by atoms with Crippen LogP contribution in [-0.4, -0.2) is 35.6 Å². The summed E-state index contributed by atoms with van der Waals surface area (Å²) < 4.78 is 0. The van der Waals surface area contributed by atoms with E-state index in [0.717, 1.165) is 18.0 Å². The Hall–Kier alpha value is -0.0800. The maximum absolute atomic E-state index is 3.87. The van der Waals surface area contributed by atoms with Crippen molar-refractivity contribution in [1.29, 1.82) is 0 Å². The van der Waals surface area contributed by atoms with Crippen LogP contribution in [-0.2, 0) is 0 Å². The van der Waals surface area contributed by atoms with Gasteiger partial charge in [0.05, 0.1) is 0 Å².